The van der Waals surface area contributed by atoms with Gasteiger partial charge in [-0.05, 0) is 70.2 Å². The van der Waals surface area contributed by atoms with E-state index >= 15 is 0 Å². The number of carbonyl (C=O) groups is 3. The molecule has 0 saturated carbocycles. The Morgan fingerprint density at radius 3 is 2.59 bits per heavy atom. The van der Waals surface area contributed by atoms with Crippen LogP contribution in [0.5, 0.6) is 5.88 Å². The molecule has 0 N–H and O–H groups in total. The Balaban J connectivity index is 1.12. The van der Waals surface area contributed by atoms with E-state index in [0.29, 0.717) is 22.4 Å². The van der Waals surface area contributed by atoms with Crippen LogP contribution in [0.4, 0.5) is 3.89 Å². The van der Waals surface area contributed by atoms with Crippen LogP contribution in [0.25, 0.3) is 6.08 Å². The number of carbonyl (C=O) groups excluding carboxylic acids is 3. The first kappa shape index (κ1) is 29.3. The van der Waals surface area contributed by atoms with Crippen molar-refractivity contribution in [2.75, 3.05) is 6.61 Å². The fourth-order valence-corrected chi connectivity index (χ4v) is 5.43. The van der Waals surface area contributed by atoms with Gasteiger partial charge in [-0.25, -0.2) is 4.98 Å². The molecule has 3 amide bonds. The number of rotatable bonds is 9. The van der Waals surface area contributed by atoms with Crippen LogP contribution in [0.1, 0.15) is 74.9 Å². The van der Waals surface area contributed by atoms with Crippen molar-refractivity contribution < 1.29 is 32.3 Å². The Morgan fingerprint density at radius 1 is 1.15 bits per heavy atom. The number of imide groups is 1. The lowest BCUT2D eigenvalue weighted by atomic mass is 9.80. The molecule has 0 aliphatic carbocycles. The maximum Gasteiger partial charge on any atom is 0.496 e. The minimum Gasteiger partial charge on any atom is -0.478 e. The van der Waals surface area contributed by atoms with Gasteiger partial charge in [0.15, 0.2) is 12.3 Å². The summed E-state index contributed by atoms with van der Waals surface area (Å²) in [5.74, 6) is -1.02. The molecule has 9 nitrogen and oxygen atoms in total. The van der Waals surface area contributed by atoms with E-state index in [9.17, 15) is 18.3 Å². The fraction of sp³-hybridized carbons (Fsp3) is 0.448. The molecule has 0 radical (unpaired) electrons. The van der Waals surface area contributed by atoms with Gasteiger partial charge in [0.2, 0.25) is 11.8 Å². The van der Waals surface area contributed by atoms with Crippen molar-refractivity contribution in [2.45, 2.75) is 77.2 Å². The van der Waals surface area contributed by atoms with Crippen molar-refractivity contribution in [3.63, 3.8) is 0 Å². The van der Waals surface area contributed by atoms with Crippen LogP contribution >= 0.6 is 12.3 Å². The summed E-state index contributed by atoms with van der Waals surface area (Å²) in [6, 6.07) is 8.31. The predicted octanol–water partition coefficient (Wildman–Crippen LogP) is 4.26. The molecule has 5 rings (SSSR count). The number of amides is 3. The van der Waals surface area contributed by atoms with Gasteiger partial charge in [0.1, 0.15) is 6.04 Å². The second-order valence-corrected chi connectivity index (χ2v) is 11.9. The van der Waals surface area contributed by atoms with Crippen molar-refractivity contribution in [1.29, 1.82) is 0 Å². The first-order valence-corrected chi connectivity index (χ1v) is 14.4. The van der Waals surface area contributed by atoms with Crippen molar-refractivity contribution >= 4 is 48.7 Å². The minimum atomic E-state index is -0.857. The molecule has 2 saturated heterocycles. The normalized spacial score (nSPS) is 21.7. The second-order valence-electron chi connectivity index (χ2n) is 11.4. The molecule has 0 spiro atoms. The number of unbranched alkanes of at least 4 members (excludes halogenated alkanes) is 1. The third kappa shape index (κ3) is 5.78. The quantitative estimate of drug-likeness (QED) is 0.188. The molecule has 3 aliphatic rings. The molecule has 0 bridgehead atoms. The highest BCUT2D eigenvalue weighted by Crippen LogP contribution is 2.36. The Kier molecular flexibility index (Phi) is 8.27. The highest BCUT2D eigenvalue weighted by Gasteiger charge is 2.51. The number of ether oxygens (including phenoxy) is 1. The molecule has 4 heterocycles. The number of hydrogen-bond donors (Lipinski definition) is 0. The molecule has 3 aliphatic heterocycles. The molecule has 1 aromatic heterocycles. The van der Waals surface area contributed by atoms with Crippen molar-refractivity contribution in [3.05, 3.63) is 59.3 Å². The average molecular weight is 581 g/mol. The van der Waals surface area contributed by atoms with Crippen molar-refractivity contribution in [2.24, 2.45) is 0 Å². The van der Waals surface area contributed by atoms with Gasteiger partial charge in [-0.3, -0.25) is 14.4 Å². The summed E-state index contributed by atoms with van der Waals surface area (Å²) in [4.78, 5) is 43.4. The number of piperidine rings is 1. The monoisotopic (exact) mass is 581 g/mol. The zero-order chi connectivity index (χ0) is 29.4. The molecule has 216 valence electrons. The molecule has 1 unspecified atom stereocenters. The molecular weight excluding hydrogens is 548 g/mol. The summed E-state index contributed by atoms with van der Waals surface area (Å²) in [5.41, 5.74) is 2.24. The largest absolute Gasteiger partial charge is 0.496 e. The molecule has 2 fully saturated rings. The average Bonchev–Trinajstić information content (AvgIpc) is 3.38. The van der Waals surface area contributed by atoms with Gasteiger partial charge in [0.05, 0.1) is 17.8 Å². The van der Waals surface area contributed by atoms with Crippen molar-refractivity contribution in [3.8, 4) is 5.88 Å². The van der Waals surface area contributed by atoms with Gasteiger partial charge in [-0.1, -0.05) is 30.4 Å². The third-order valence-corrected chi connectivity index (χ3v) is 8.69. The first-order chi connectivity index (χ1) is 19.5. The van der Waals surface area contributed by atoms with E-state index in [4.69, 9.17) is 14.0 Å². The third-order valence-electron chi connectivity index (χ3n) is 8.17. The van der Waals surface area contributed by atoms with Crippen molar-refractivity contribution in [1.82, 2.24) is 14.2 Å². The van der Waals surface area contributed by atoms with E-state index in [-0.39, 0.29) is 25.3 Å². The Bertz CT molecular complexity index is 1350. The number of pyridine rings is 1. The Labute approximate surface area is 244 Å². The lowest BCUT2D eigenvalue weighted by Crippen LogP contribution is -2.51. The van der Waals surface area contributed by atoms with Crippen LogP contribution in [0.15, 0.2) is 42.6 Å². The lowest BCUT2D eigenvalue weighted by Gasteiger charge is -2.32. The second kappa shape index (κ2) is 11.6. The summed E-state index contributed by atoms with van der Waals surface area (Å²) in [5, 5.41) is 0. The maximum absolute atomic E-state index is 13.2. The number of nitrogens with zero attached hydrogens (tertiary/aromatic N) is 3. The molecule has 41 heavy (non-hydrogen) atoms. The number of allylic oxidation sites excluding steroid dienone is 1. The molecule has 12 heteroatoms. The molecule has 1 aromatic carbocycles. The molecule has 1 atom stereocenters. The number of aromatic nitrogens is 1. The minimum absolute atomic E-state index is 0.0159. The van der Waals surface area contributed by atoms with Crippen LogP contribution in [-0.4, -0.2) is 62.9 Å². The van der Waals surface area contributed by atoms with E-state index in [1.54, 1.807) is 18.3 Å². The summed E-state index contributed by atoms with van der Waals surface area (Å²) in [6.45, 7) is 8.77. The number of fused-ring (bicyclic) bond motifs is 1. The zero-order valence-electron chi connectivity index (χ0n) is 23.6. The summed E-state index contributed by atoms with van der Waals surface area (Å²) >= 11 is -0.405. The van der Waals surface area contributed by atoms with Crippen LogP contribution in [0, 0.1) is 0 Å². The molecule has 2 aromatic rings. The smallest absolute Gasteiger partial charge is 0.478 e. The maximum atomic E-state index is 13.2. The zero-order valence-corrected chi connectivity index (χ0v) is 24.4. The highest BCUT2D eigenvalue weighted by atomic mass is 32.2. The fourth-order valence-electron chi connectivity index (χ4n) is 5.08. The van der Waals surface area contributed by atoms with Gasteiger partial charge in [0.25, 0.3) is 11.8 Å². The van der Waals surface area contributed by atoms with Gasteiger partial charge in [-0.15, -0.1) is 3.89 Å². The van der Waals surface area contributed by atoms with E-state index in [1.165, 1.54) is 4.90 Å². The lowest BCUT2D eigenvalue weighted by molar-refractivity contribution is -0.145. The predicted molar refractivity (Wildman–Crippen MR) is 154 cm³/mol. The van der Waals surface area contributed by atoms with Gasteiger partial charge >= 0.3 is 7.12 Å². The van der Waals surface area contributed by atoms with Crippen LogP contribution < -0.4 is 10.2 Å². The van der Waals surface area contributed by atoms with Gasteiger partial charge in [0, 0.05) is 30.2 Å². The van der Waals surface area contributed by atoms with E-state index in [2.05, 4.69) is 4.98 Å². The SMILES string of the molecule is CC1(C)OB(c2ccc(OCCC/C=C/c3cccc4c3CN(C3CCC(=O)N(SF)C3=O)C4=O)nc2)OC1(C)C. The Hall–Kier alpha value is -3.22. The Morgan fingerprint density at radius 2 is 1.90 bits per heavy atom. The number of hydrogen-bond acceptors (Lipinski definition) is 8. The van der Waals surface area contributed by atoms with Gasteiger partial charge < -0.3 is 18.9 Å². The topological polar surface area (TPSA) is 98.3 Å². The van der Waals surface area contributed by atoms with E-state index in [1.807, 2.05) is 58.0 Å². The van der Waals surface area contributed by atoms with E-state index < -0.39 is 48.5 Å². The van der Waals surface area contributed by atoms with Gasteiger partial charge in [-0.2, -0.15) is 4.31 Å². The number of benzene rings is 1. The van der Waals surface area contributed by atoms with Crippen LogP contribution in [0.2, 0.25) is 0 Å². The number of halogens is 1. The summed E-state index contributed by atoms with van der Waals surface area (Å²) in [6.07, 6.45) is 7.41. The van der Waals surface area contributed by atoms with Crippen LogP contribution in [0.3, 0.4) is 0 Å². The van der Waals surface area contributed by atoms with E-state index in [0.717, 1.165) is 29.4 Å². The van der Waals surface area contributed by atoms with Crippen LogP contribution in [-0.2, 0) is 25.4 Å². The molecular formula is C29H33BFN3O6S. The highest BCUT2D eigenvalue weighted by molar-refractivity contribution is 7.93. The standard InChI is InChI=1S/C29H33BFN3O6S/c1-28(2)29(3,4)40-30(39-28)20-12-14-24(32-17-20)38-16-7-5-6-9-19-10-8-11-21-22(19)18-33(26(21)36)23-13-15-25(35)34(41-31)27(23)37/h6,8-12,14,17,23H,5,7,13,15-16,18H2,1-4H3/b9-6+. The first-order valence-electron chi connectivity index (χ1n) is 13.7. The summed E-state index contributed by atoms with van der Waals surface area (Å²) in [7, 11) is -0.468. The summed E-state index contributed by atoms with van der Waals surface area (Å²) < 4.78 is 31.6.